The lowest BCUT2D eigenvalue weighted by molar-refractivity contribution is 0.0533. The van der Waals surface area contributed by atoms with Crippen molar-refractivity contribution in [2.24, 2.45) is 0 Å². The number of anilines is 1. The molecule has 2 rings (SSSR count). The average molecular weight is 261 g/mol. The van der Waals surface area contributed by atoms with Crippen molar-refractivity contribution < 1.29 is 9.53 Å². The molecule has 0 atom stereocenters. The predicted molar refractivity (Wildman–Crippen MR) is 75.3 cm³/mol. The fourth-order valence-corrected chi connectivity index (χ4v) is 2.73. The van der Waals surface area contributed by atoms with Gasteiger partial charge in [-0.15, -0.1) is 11.3 Å². The highest BCUT2D eigenvalue weighted by atomic mass is 32.1. The molecular formula is C14H15NO2S. The fraction of sp³-hybridized carbons (Fsp3) is 0.214. The van der Waals surface area contributed by atoms with E-state index in [1.807, 2.05) is 43.3 Å². The molecule has 3 nitrogen and oxygen atoms in total. The lowest BCUT2D eigenvalue weighted by Gasteiger charge is -2.01. The highest BCUT2D eigenvalue weighted by Gasteiger charge is 2.17. The van der Waals surface area contributed by atoms with Gasteiger partial charge >= 0.3 is 5.97 Å². The van der Waals surface area contributed by atoms with Crippen LogP contribution in [0, 0.1) is 0 Å². The Morgan fingerprint density at radius 1 is 1.33 bits per heavy atom. The van der Waals surface area contributed by atoms with Gasteiger partial charge in [-0.2, -0.15) is 0 Å². The molecule has 0 spiro atoms. The Morgan fingerprint density at radius 3 is 2.67 bits per heavy atom. The van der Waals surface area contributed by atoms with Gasteiger partial charge in [0.2, 0.25) is 0 Å². The zero-order chi connectivity index (χ0) is 13.0. The normalized spacial score (nSPS) is 10.1. The van der Waals surface area contributed by atoms with Gasteiger partial charge in [-0.1, -0.05) is 30.3 Å². The average Bonchev–Trinajstić information content (AvgIpc) is 2.84. The summed E-state index contributed by atoms with van der Waals surface area (Å²) in [5.74, 6) is -0.269. The van der Waals surface area contributed by atoms with Crippen LogP contribution in [0.1, 0.15) is 16.6 Å². The number of ether oxygens (including phenoxy) is 1. The quantitative estimate of drug-likeness (QED) is 0.854. The summed E-state index contributed by atoms with van der Waals surface area (Å²) in [7, 11) is 1.81. The summed E-state index contributed by atoms with van der Waals surface area (Å²) in [5, 5.41) is 3.03. The smallest absolute Gasteiger partial charge is 0.350 e. The molecule has 1 N–H and O–H groups in total. The highest BCUT2D eigenvalue weighted by Crippen LogP contribution is 2.34. The summed E-state index contributed by atoms with van der Waals surface area (Å²) in [6.07, 6.45) is 0. The molecule has 0 radical (unpaired) electrons. The van der Waals surface area contributed by atoms with Crippen molar-refractivity contribution in [3.8, 4) is 10.4 Å². The molecule has 1 aromatic heterocycles. The Kier molecular flexibility index (Phi) is 3.99. The Balaban J connectivity index is 2.38. The van der Waals surface area contributed by atoms with Gasteiger partial charge < -0.3 is 10.1 Å². The zero-order valence-corrected chi connectivity index (χ0v) is 11.2. The van der Waals surface area contributed by atoms with E-state index in [2.05, 4.69) is 5.32 Å². The van der Waals surface area contributed by atoms with E-state index >= 15 is 0 Å². The van der Waals surface area contributed by atoms with E-state index in [0.717, 1.165) is 16.1 Å². The van der Waals surface area contributed by atoms with Crippen LogP contribution in [-0.2, 0) is 4.74 Å². The number of carbonyl (C=O) groups excluding carboxylic acids is 1. The van der Waals surface area contributed by atoms with Crippen LogP contribution in [0.15, 0.2) is 36.4 Å². The van der Waals surface area contributed by atoms with Gasteiger partial charge in [0.25, 0.3) is 0 Å². The lowest BCUT2D eigenvalue weighted by atomic mass is 10.2. The molecule has 0 saturated heterocycles. The number of rotatable bonds is 4. The number of benzene rings is 1. The summed E-state index contributed by atoms with van der Waals surface area (Å²) in [4.78, 5) is 13.5. The van der Waals surface area contributed by atoms with Crippen molar-refractivity contribution in [1.82, 2.24) is 0 Å². The summed E-state index contributed by atoms with van der Waals surface area (Å²) < 4.78 is 5.05. The van der Waals surface area contributed by atoms with Gasteiger partial charge in [0.05, 0.1) is 12.3 Å². The molecule has 0 bridgehead atoms. The summed E-state index contributed by atoms with van der Waals surface area (Å²) >= 11 is 1.45. The largest absolute Gasteiger partial charge is 0.462 e. The zero-order valence-electron chi connectivity index (χ0n) is 10.4. The second-order valence-corrected chi connectivity index (χ2v) is 4.74. The Bertz CT molecular complexity index is 534. The molecular weight excluding hydrogens is 246 g/mol. The molecule has 1 aromatic carbocycles. The van der Waals surface area contributed by atoms with Gasteiger partial charge in [0.15, 0.2) is 0 Å². The van der Waals surface area contributed by atoms with Gasteiger partial charge in [-0.3, -0.25) is 0 Å². The molecule has 2 aromatic rings. The Labute approximate surface area is 110 Å². The van der Waals surface area contributed by atoms with E-state index in [-0.39, 0.29) is 5.97 Å². The van der Waals surface area contributed by atoms with Crippen molar-refractivity contribution in [3.05, 3.63) is 41.3 Å². The molecule has 0 fully saturated rings. The van der Waals surface area contributed by atoms with Crippen molar-refractivity contribution in [2.45, 2.75) is 6.92 Å². The molecule has 18 heavy (non-hydrogen) atoms. The van der Waals surface area contributed by atoms with Gasteiger partial charge in [-0.05, 0) is 18.6 Å². The molecule has 0 saturated carbocycles. The van der Waals surface area contributed by atoms with E-state index in [0.29, 0.717) is 11.5 Å². The number of nitrogens with one attached hydrogen (secondary N) is 1. The standard InChI is InChI=1S/C14H15NO2S/c1-3-17-14(16)13-11(15-2)9-12(18-13)10-7-5-4-6-8-10/h4-9,15H,3H2,1-2H3. The molecule has 0 aliphatic carbocycles. The van der Waals surface area contributed by atoms with E-state index in [1.54, 1.807) is 7.05 Å². The lowest BCUT2D eigenvalue weighted by Crippen LogP contribution is -2.04. The number of thiophene rings is 1. The van der Waals surface area contributed by atoms with Crippen LogP contribution in [0.5, 0.6) is 0 Å². The van der Waals surface area contributed by atoms with Crippen molar-refractivity contribution >= 4 is 23.0 Å². The van der Waals surface area contributed by atoms with E-state index < -0.39 is 0 Å². The number of carbonyl (C=O) groups is 1. The highest BCUT2D eigenvalue weighted by molar-refractivity contribution is 7.18. The van der Waals surface area contributed by atoms with Gasteiger partial charge in [0.1, 0.15) is 4.88 Å². The maximum absolute atomic E-state index is 11.8. The van der Waals surface area contributed by atoms with Crippen LogP contribution in [-0.4, -0.2) is 19.6 Å². The number of hydrogen-bond acceptors (Lipinski definition) is 4. The molecule has 1 heterocycles. The first-order valence-electron chi connectivity index (χ1n) is 5.80. The molecule has 0 amide bonds. The Hall–Kier alpha value is -1.81. The van der Waals surface area contributed by atoms with Crippen LogP contribution < -0.4 is 5.32 Å². The monoisotopic (exact) mass is 261 g/mol. The third-order valence-electron chi connectivity index (χ3n) is 2.52. The minimum Gasteiger partial charge on any atom is -0.462 e. The number of esters is 1. The number of hydrogen-bond donors (Lipinski definition) is 1. The first kappa shape index (κ1) is 12.6. The van der Waals surface area contributed by atoms with E-state index in [1.165, 1.54) is 11.3 Å². The summed E-state index contributed by atoms with van der Waals surface area (Å²) in [6, 6.07) is 12.0. The second kappa shape index (κ2) is 5.69. The van der Waals surface area contributed by atoms with Crippen molar-refractivity contribution in [2.75, 3.05) is 19.0 Å². The van der Waals surface area contributed by atoms with E-state index in [9.17, 15) is 4.79 Å². The maximum atomic E-state index is 11.8. The van der Waals surface area contributed by atoms with E-state index in [4.69, 9.17) is 4.74 Å². The third kappa shape index (κ3) is 2.54. The molecule has 4 heteroatoms. The second-order valence-electron chi connectivity index (χ2n) is 3.69. The predicted octanol–water partition coefficient (Wildman–Crippen LogP) is 3.63. The molecule has 0 aliphatic rings. The minimum absolute atomic E-state index is 0.269. The first-order valence-corrected chi connectivity index (χ1v) is 6.62. The van der Waals surface area contributed by atoms with Crippen LogP contribution in [0.25, 0.3) is 10.4 Å². The topological polar surface area (TPSA) is 38.3 Å². The Morgan fingerprint density at radius 2 is 2.06 bits per heavy atom. The summed E-state index contributed by atoms with van der Waals surface area (Å²) in [6.45, 7) is 2.20. The minimum atomic E-state index is -0.269. The van der Waals surface area contributed by atoms with Crippen LogP contribution in [0.4, 0.5) is 5.69 Å². The van der Waals surface area contributed by atoms with Crippen molar-refractivity contribution in [3.63, 3.8) is 0 Å². The van der Waals surface area contributed by atoms with Crippen LogP contribution >= 0.6 is 11.3 Å². The third-order valence-corrected chi connectivity index (χ3v) is 3.68. The van der Waals surface area contributed by atoms with Gasteiger partial charge in [0, 0.05) is 11.9 Å². The van der Waals surface area contributed by atoms with Gasteiger partial charge in [-0.25, -0.2) is 4.79 Å². The van der Waals surface area contributed by atoms with Crippen molar-refractivity contribution in [1.29, 1.82) is 0 Å². The SMILES string of the molecule is CCOC(=O)c1sc(-c2ccccc2)cc1NC. The first-order chi connectivity index (χ1) is 8.76. The maximum Gasteiger partial charge on any atom is 0.350 e. The molecule has 94 valence electrons. The molecule has 0 unspecified atom stereocenters. The fourth-order valence-electron chi connectivity index (χ4n) is 1.67. The van der Waals surface area contributed by atoms with Crippen LogP contribution in [0.3, 0.4) is 0 Å². The molecule has 0 aliphatic heterocycles. The summed E-state index contributed by atoms with van der Waals surface area (Å²) in [5.41, 5.74) is 1.92. The van der Waals surface area contributed by atoms with Crippen LogP contribution in [0.2, 0.25) is 0 Å².